The van der Waals surface area contributed by atoms with E-state index in [4.69, 9.17) is 5.73 Å². The Kier molecular flexibility index (Phi) is 5.31. The van der Waals surface area contributed by atoms with Crippen LogP contribution in [0.2, 0.25) is 0 Å². The molecular weight excluding hydrogens is 430 g/mol. The zero-order chi connectivity index (χ0) is 22.4. The van der Waals surface area contributed by atoms with E-state index in [2.05, 4.69) is 10.2 Å². The fourth-order valence-corrected chi connectivity index (χ4v) is 4.36. The third kappa shape index (κ3) is 4.13. The normalized spacial score (nSPS) is 12.7. The molecule has 0 aliphatic carbocycles. The van der Waals surface area contributed by atoms with Crippen LogP contribution in [0.25, 0.3) is 10.8 Å². The number of nitrogens with two attached hydrogens (primary N) is 1. The molecule has 0 bridgehead atoms. The number of benzene rings is 3. The molecule has 0 saturated carbocycles. The highest BCUT2D eigenvalue weighted by Gasteiger charge is 2.24. The molecule has 0 aliphatic heterocycles. The van der Waals surface area contributed by atoms with Crippen LogP contribution in [0.1, 0.15) is 11.1 Å². The van der Waals surface area contributed by atoms with Crippen molar-refractivity contribution in [2.24, 2.45) is 10.2 Å². The van der Waals surface area contributed by atoms with E-state index in [1.54, 1.807) is 19.1 Å². The van der Waals surface area contributed by atoms with Crippen molar-refractivity contribution in [1.29, 1.82) is 0 Å². The van der Waals surface area contributed by atoms with Gasteiger partial charge in [0, 0.05) is 17.3 Å². The van der Waals surface area contributed by atoms with Crippen LogP contribution in [0.15, 0.2) is 56.4 Å². The summed E-state index contributed by atoms with van der Waals surface area (Å²) >= 11 is 0. The standard InChI is InChI=1S/C19H19N3O6S2/c1-10-4-5-15(11(2)6-10)21-22-18-16(30(26,27)28)8-12-7-13(29(3,24)25)9-14(20)17(12)19(18)23/h4-9,23H,20H2,1-3H3,(H,26,27,28). The number of phenols is 1. The molecule has 0 saturated heterocycles. The second kappa shape index (κ2) is 7.35. The number of nitrogen functional groups attached to an aromatic ring is 1. The Hall–Kier alpha value is -3.02. The van der Waals surface area contributed by atoms with E-state index in [1.807, 2.05) is 13.0 Å². The maximum absolute atomic E-state index is 11.9. The maximum Gasteiger partial charge on any atom is 0.296 e. The molecule has 9 nitrogen and oxygen atoms in total. The van der Waals surface area contributed by atoms with Gasteiger partial charge < -0.3 is 10.8 Å². The Morgan fingerprint density at radius 3 is 2.20 bits per heavy atom. The summed E-state index contributed by atoms with van der Waals surface area (Å²) in [7, 11) is -8.49. The van der Waals surface area contributed by atoms with Crippen molar-refractivity contribution in [2.45, 2.75) is 23.6 Å². The molecule has 11 heteroatoms. The first-order valence-electron chi connectivity index (χ1n) is 8.55. The van der Waals surface area contributed by atoms with E-state index in [-0.39, 0.29) is 21.4 Å². The van der Waals surface area contributed by atoms with Gasteiger partial charge in [0.1, 0.15) is 10.6 Å². The van der Waals surface area contributed by atoms with Crippen LogP contribution in [0.5, 0.6) is 5.75 Å². The number of fused-ring (bicyclic) bond motifs is 1. The van der Waals surface area contributed by atoms with Crippen molar-refractivity contribution in [3.63, 3.8) is 0 Å². The van der Waals surface area contributed by atoms with Crippen LogP contribution >= 0.6 is 0 Å². The van der Waals surface area contributed by atoms with E-state index in [0.717, 1.165) is 35.6 Å². The van der Waals surface area contributed by atoms with Gasteiger partial charge in [0.05, 0.1) is 10.6 Å². The van der Waals surface area contributed by atoms with Crippen molar-refractivity contribution in [3.05, 3.63) is 47.5 Å². The van der Waals surface area contributed by atoms with Crippen molar-refractivity contribution >= 4 is 47.8 Å². The fraction of sp³-hybridized carbons (Fsp3) is 0.158. The number of sulfone groups is 1. The summed E-state index contributed by atoms with van der Waals surface area (Å²) in [6.45, 7) is 3.68. The van der Waals surface area contributed by atoms with Gasteiger partial charge >= 0.3 is 0 Å². The van der Waals surface area contributed by atoms with Gasteiger partial charge in [-0.2, -0.15) is 13.5 Å². The van der Waals surface area contributed by atoms with Gasteiger partial charge in [-0.15, -0.1) is 5.11 Å². The molecule has 4 N–H and O–H groups in total. The summed E-state index contributed by atoms with van der Waals surface area (Å²) < 4.78 is 57.2. The van der Waals surface area contributed by atoms with Gasteiger partial charge in [-0.3, -0.25) is 4.55 Å². The molecule has 0 spiro atoms. The van der Waals surface area contributed by atoms with Gasteiger partial charge in [-0.1, -0.05) is 17.7 Å². The fourth-order valence-electron chi connectivity index (χ4n) is 3.02. The summed E-state index contributed by atoms with van der Waals surface area (Å²) in [5.41, 5.74) is 7.50. The summed E-state index contributed by atoms with van der Waals surface area (Å²) in [6.07, 6.45) is 0.962. The first-order valence-corrected chi connectivity index (χ1v) is 11.9. The van der Waals surface area contributed by atoms with Crippen molar-refractivity contribution in [2.75, 3.05) is 12.0 Å². The topological polar surface area (TPSA) is 159 Å². The minimum Gasteiger partial charge on any atom is -0.505 e. The Morgan fingerprint density at radius 1 is 0.967 bits per heavy atom. The molecule has 0 aromatic heterocycles. The van der Waals surface area contributed by atoms with Crippen molar-refractivity contribution < 1.29 is 26.5 Å². The average molecular weight is 450 g/mol. The SMILES string of the molecule is Cc1ccc(N=Nc2c(S(=O)(=O)O)cc3cc(S(C)(=O)=O)cc(N)c3c2O)c(C)c1. The van der Waals surface area contributed by atoms with E-state index in [0.29, 0.717) is 5.69 Å². The predicted molar refractivity (Wildman–Crippen MR) is 113 cm³/mol. The number of azo groups is 1. The third-order valence-corrected chi connectivity index (χ3v) is 6.43. The second-order valence-electron chi connectivity index (χ2n) is 6.92. The summed E-state index contributed by atoms with van der Waals surface area (Å²) in [5.74, 6) is -0.647. The van der Waals surface area contributed by atoms with Gasteiger partial charge in [-0.25, -0.2) is 8.42 Å². The number of hydrogen-bond acceptors (Lipinski definition) is 8. The largest absolute Gasteiger partial charge is 0.505 e. The van der Waals surface area contributed by atoms with E-state index in [1.165, 1.54) is 0 Å². The molecule has 3 rings (SSSR count). The second-order valence-corrected chi connectivity index (χ2v) is 10.3. The molecule has 3 aromatic carbocycles. The molecule has 0 amide bonds. The zero-order valence-corrected chi connectivity index (χ0v) is 17.9. The Morgan fingerprint density at radius 2 is 1.63 bits per heavy atom. The molecule has 0 atom stereocenters. The summed E-state index contributed by atoms with van der Waals surface area (Å²) in [4.78, 5) is -0.899. The number of nitrogens with zero attached hydrogens (tertiary/aromatic N) is 2. The molecule has 158 valence electrons. The predicted octanol–water partition coefficient (Wildman–Crippen LogP) is 3.81. The lowest BCUT2D eigenvalue weighted by Gasteiger charge is -2.12. The van der Waals surface area contributed by atoms with Crippen LogP contribution < -0.4 is 5.73 Å². The number of rotatable bonds is 4. The van der Waals surface area contributed by atoms with Gasteiger partial charge in [0.15, 0.2) is 15.6 Å². The number of anilines is 1. The van der Waals surface area contributed by atoms with E-state index in [9.17, 15) is 26.5 Å². The first-order chi connectivity index (χ1) is 13.8. The number of aromatic hydroxyl groups is 1. The molecule has 0 fully saturated rings. The highest BCUT2D eigenvalue weighted by molar-refractivity contribution is 7.90. The minimum absolute atomic E-state index is 0.00557. The van der Waals surface area contributed by atoms with Gasteiger partial charge in [0.25, 0.3) is 10.1 Å². The van der Waals surface area contributed by atoms with Crippen molar-refractivity contribution in [1.82, 2.24) is 0 Å². The van der Waals surface area contributed by atoms with Gasteiger partial charge in [-0.05, 0) is 49.1 Å². The lowest BCUT2D eigenvalue weighted by Crippen LogP contribution is -2.02. The zero-order valence-electron chi connectivity index (χ0n) is 16.3. The Labute approximate surface area is 173 Å². The lowest BCUT2D eigenvalue weighted by molar-refractivity contribution is 0.472. The first kappa shape index (κ1) is 21.7. The average Bonchev–Trinajstić information content (AvgIpc) is 2.60. The Bertz CT molecular complexity index is 1430. The molecular formula is C19H19N3O6S2. The van der Waals surface area contributed by atoms with Crippen LogP contribution in [-0.4, -0.2) is 32.8 Å². The number of phenolic OH excluding ortho intramolecular Hbond substituents is 1. The molecule has 0 heterocycles. The maximum atomic E-state index is 11.9. The molecule has 30 heavy (non-hydrogen) atoms. The highest BCUT2D eigenvalue weighted by atomic mass is 32.2. The molecule has 0 unspecified atom stereocenters. The Balaban J connectivity index is 2.34. The monoisotopic (exact) mass is 449 g/mol. The van der Waals surface area contributed by atoms with Crippen LogP contribution in [0.4, 0.5) is 17.1 Å². The smallest absolute Gasteiger partial charge is 0.296 e. The van der Waals surface area contributed by atoms with E-state index >= 15 is 0 Å². The summed E-state index contributed by atoms with van der Waals surface area (Å²) in [6, 6.07) is 8.60. The lowest BCUT2D eigenvalue weighted by atomic mass is 10.1. The van der Waals surface area contributed by atoms with Crippen LogP contribution in [0, 0.1) is 13.8 Å². The number of aryl methyl sites for hydroxylation is 2. The summed E-state index contributed by atoms with van der Waals surface area (Å²) in [5, 5.41) is 18.6. The highest BCUT2D eigenvalue weighted by Crippen LogP contribution is 2.44. The molecule has 3 aromatic rings. The molecule has 0 aliphatic rings. The molecule has 0 radical (unpaired) electrons. The van der Waals surface area contributed by atoms with Crippen LogP contribution in [-0.2, 0) is 20.0 Å². The number of hydrogen-bond donors (Lipinski definition) is 3. The van der Waals surface area contributed by atoms with Gasteiger partial charge in [0.2, 0.25) is 0 Å². The quantitative estimate of drug-likeness (QED) is 0.310. The third-order valence-electron chi connectivity index (χ3n) is 4.47. The minimum atomic E-state index is -4.83. The van der Waals surface area contributed by atoms with Crippen molar-refractivity contribution in [3.8, 4) is 5.75 Å². The van der Waals surface area contributed by atoms with E-state index < -0.39 is 36.3 Å². The van der Waals surface area contributed by atoms with Crippen LogP contribution in [0.3, 0.4) is 0 Å².